The lowest BCUT2D eigenvalue weighted by Crippen LogP contribution is -2.40. The number of pyridine rings is 1. The van der Waals surface area contributed by atoms with Gasteiger partial charge in [-0.3, -0.25) is 9.88 Å². The smallest absolute Gasteiger partial charge is 0.173 e. The molecule has 1 aromatic carbocycles. The first-order chi connectivity index (χ1) is 14.2. The minimum Gasteiger partial charge on any atom is -0.497 e. The van der Waals surface area contributed by atoms with Crippen LogP contribution in [0.1, 0.15) is 12.0 Å². The van der Waals surface area contributed by atoms with E-state index in [-0.39, 0.29) is 0 Å². The fourth-order valence-electron chi connectivity index (χ4n) is 3.19. The largest absolute Gasteiger partial charge is 0.497 e. The molecule has 0 bridgehead atoms. The standard InChI is InChI=1S/C21H27ClN4O2S/c1-27-18-3-4-19(22)20(15-18)24-21(29)26(16-17-5-7-23-8-6-17)10-2-9-25-11-13-28-14-12-25/h3-8,15H,2,9-14,16H2,1H3,(H,24,29). The molecule has 1 aliphatic heterocycles. The summed E-state index contributed by atoms with van der Waals surface area (Å²) in [6.45, 7) is 6.19. The molecule has 0 saturated carbocycles. The zero-order valence-corrected chi connectivity index (χ0v) is 18.2. The Balaban J connectivity index is 1.65. The second kappa shape index (κ2) is 11.3. The molecular weight excluding hydrogens is 408 g/mol. The van der Waals surface area contributed by atoms with Crippen LogP contribution in [0.15, 0.2) is 42.7 Å². The van der Waals surface area contributed by atoms with Gasteiger partial charge in [0.15, 0.2) is 5.11 Å². The van der Waals surface area contributed by atoms with E-state index >= 15 is 0 Å². The van der Waals surface area contributed by atoms with Crippen LogP contribution in [0.3, 0.4) is 0 Å². The number of halogens is 1. The van der Waals surface area contributed by atoms with Crippen LogP contribution < -0.4 is 10.1 Å². The fraction of sp³-hybridized carbons (Fsp3) is 0.429. The van der Waals surface area contributed by atoms with Crippen molar-refractivity contribution in [2.45, 2.75) is 13.0 Å². The Labute approximate surface area is 182 Å². The molecule has 2 aromatic rings. The van der Waals surface area contributed by atoms with Crippen molar-refractivity contribution in [1.82, 2.24) is 14.8 Å². The number of anilines is 1. The van der Waals surface area contributed by atoms with Crippen molar-refractivity contribution in [2.75, 3.05) is 51.8 Å². The second-order valence-electron chi connectivity index (χ2n) is 6.86. The predicted molar refractivity (Wildman–Crippen MR) is 121 cm³/mol. The monoisotopic (exact) mass is 434 g/mol. The van der Waals surface area contributed by atoms with Crippen LogP contribution in [0.25, 0.3) is 0 Å². The second-order valence-corrected chi connectivity index (χ2v) is 7.65. The van der Waals surface area contributed by atoms with Crippen LogP contribution in [-0.4, -0.2) is 66.4 Å². The highest BCUT2D eigenvalue weighted by Crippen LogP contribution is 2.27. The van der Waals surface area contributed by atoms with E-state index in [1.54, 1.807) is 25.6 Å². The molecule has 2 heterocycles. The summed E-state index contributed by atoms with van der Waals surface area (Å²) in [4.78, 5) is 8.70. The van der Waals surface area contributed by atoms with Gasteiger partial charge in [0.2, 0.25) is 0 Å². The average molecular weight is 435 g/mol. The van der Waals surface area contributed by atoms with E-state index in [2.05, 4.69) is 20.1 Å². The van der Waals surface area contributed by atoms with Gasteiger partial charge >= 0.3 is 0 Å². The number of rotatable bonds is 8. The third-order valence-corrected chi connectivity index (χ3v) is 5.52. The summed E-state index contributed by atoms with van der Waals surface area (Å²) >= 11 is 12.1. The lowest BCUT2D eigenvalue weighted by Gasteiger charge is -2.30. The Hall–Kier alpha value is -1.93. The first kappa shape index (κ1) is 21.8. The quantitative estimate of drug-likeness (QED) is 0.636. The van der Waals surface area contributed by atoms with Gasteiger partial charge in [-0.05, 0) is 48.5 Å². The Kier molecular flexibility index (Phi) is 8.49. The van der Waals surface area contributed by atoms with Gasteiger partial charge in [-0.2, -0.15) is 0 Å². The van der Waals surface area contributed by atoms with Crippen molar-refractivity contribution in [2.24, 2.45) is 0 Å². The summed E-state index contributed by atoms with van der Waals surface area (Å²) < 4.78 is 10.7. The van der Waals surface area contributed by atoms with Gasteiger partial charge < -0.3 is 19.7 Å². The molecule has 156 valence electrons. The van der Waals surface area contributed by atoms with Crippen molar-refractivity contribution in [1.29, 1.82) is 0 Å². The molecular formula is C21H27ClN4O2S. The lowest BCUT2D eigenvalue weighted by atomic mass is 10.2. The van der Waals surface area contributed by atoms with E-state index in [4.69, 9.17) is 33.3 Å². The summed E-state index contributed by atoms with van der Waals surface area (Å²) in [7, 11) is 1.63. The van der Waals surface area contributed by atoms with Crippen LogP contribution >= 0.6 is 23.8 Å². The summed E-state index contributed by atoms with van der Waals surface area (Å²) in [6.07, 6.45) is 4.62. The Morgan fingerprint density at radius 3 is 2.76 bits per heavy atom. The predicted octanol–water partition coefficient (Wildman–Crippen LogP) is 3.66. The molecule has 6 nitrogen and oxygen atoms in total. The summed E-state index contributed by atoms with van der Waals surface area (Å²) in [5, 5.41) is 4.53. The van der Waals surface area contributed by atoms with Gasteiger partial charge in [-0.25, -0.2) is 0 Å². The number of methoxy groups -OCH3 is 1. The summed E-state index contributed by atoms with van der Waals surface area (Å²) in [6, 6.07) is 9.50. The normalized spacial score (nSPS) is 14.4. The molecule has 0 amide bonds. The lowest BCUT2D eigenvalue weighted by molar-refractivity contribution is 0.0368. The van der Waals surface area contributed by atoms with Crippen LogP contribution in [0.5, 0.6) is 5.75 Å². The minimum atomic E-state index is 0.602. The van der Waals surface area contributed by atoms with E-state index < -0.39 is 0 Å². The molecule has 3 rings (SSSR count). The fourth-order valence-corrected chi connectivity index (χ4v) is 3.62. The maximum absolute atomic E-state index is 6.35. The van der Waals surface area contributed by atoms with Crippen LogP contribution in [0.4, 0.5) is 5.69 Å². The number of morpholine rings is 1. The van der Waals surface area contributed by atoms with Crippen molar-refractivity contribution in [3.8, 4) is 5.75 Å². The van der Waals surface area contributed by atoms with E-state index in [9.17, 15) is 0 Å². The van der Waals surface area contributed by atoms with Gasteiger partial charge in [0.05, 0.1) is 31.0 Å². The molecule has 1 aromatic heterocycles. The van der Waals surface area contributed by atoms with Crippen LogP contribution in [0, 0.1) is 0 Å². The number of benzene rings is 1. The van der Waals surface area contributed by atoms with Gasteiger partial charge in [-0.1, -0.05) is 11.6 Å². The van der Waals surface area contributed by atoms with E-state index in [1.165, 1.54) is 0 Å². The number of hydrogen-bond acceptors (Lipinski definition) is 5. The highest BCUT2D eigenvalue weighted by Gasteiger charge is 2.15. The molecule has 1 fully saturated rings. The molecule has 0 radical (unpaired) electrons. The highest BCUT2D eigenvalue weighted by atomic mass is 35.5. The van der Waals surface area contributed by atoms with Gasteiger partial charge in [0.1, 0.15) is 5.75 Å². The van der Waals surface area contributed by atoms with Crippen molar-refractivity contribution in [3.63, 3.8) is 0 Å². The van der Waals surface area contributed by atoms with E-state index in [1.807, 2.05) is 24.3 Å². The number of nitrogens with zero attached hydrogens (tertiary/aromatic N) is 3. The average Bonchev–Trinajstić information content (AvgIpc) is 2.76. The summed E-state index contributed by atoms with van der Waals surface area (Å²) in [5.41, 5.74) is 1.90. The van der Waals surface area contributed by atoms with Crippen LogP contribution in [-0.2, 0) is 11.3 Å². The Morgan fingerprint density at radius 1 is 1.28 bits per heavy atom. The molecule has 8 heteroatoms. The van der Waals surface area contributed by atoms with Gasteiger partial charge in [0, 0.05) is 51.2 Å². The maximum atomic E-state index is 6.35. The molecule has 29 heavy (non-hydrogen) atoms. The van der Waals surface area contributed by atoms with Gasteiger partial charge in [0.25, 0.3) is 0 Å². The van der Waals surface area contributed by atoms with Crippen LogP contribution in [0.2, 0.25) is 5.02 Å². The van der Waals surface area contributed by atoms with Crippen molar-refractivity contribution >= 4 is 34.6 Å². The molecule has 1 aliphatic rings. The third kappa shape index (κ3) is 6.82. The minimum absolute atomic E-state index is 0.602. The first-order valence-electron chi connectivity index (χ1n) is 9.74. The number of hydrogen-bond donors (Lipinski definition) is 1. The zero-order valence-electron chi connectivity index (χ0n) is 16.6. The first-order valence-corrected chi connectivity index (χ1v) is 10.5. The molecule has 1 N–H and O–H groups in total. The number of ether oxygens (including phenoxy) is 2. The highest BCUT2D eigenvalue weighted by molar-refractivity contribution is 7.80. The summed E-state index contributed by atoms with van der Waals surface area (Å²) in [5.74, 6) is 0.729. The number of thiocarbonyl (C=S) groups is 1. The zero-order chi connectivity index (χ0) is 20.5. The van der Waals surface area contributed by atoms with Crippen molar-refractivity contribution in [3.05, 3.63) is 53.3 Å². The molecule has 0 atom stereocenters. The molecule has 1 saturated heterocycles. The number of aromatic nitrogens is 1. The molecule has 0 unspecified atom stereocenters. The van der Waals surface area contributed by atoms with Gasteiger partial charge in [-0.15, -0.1) is 0 Å². The SMILES string of the molecule is COc1ccc(Cl)c(NC(=S)N(CCCN2CCOCC2)Cc2ccncc2)c1. The van der Waals surface area contributed by atoms with E-state index in [0.717, 1.165) is 62.8 Å². The Bertz CT molecular complexity index is 788. The number of nitrogens with one attached hydrogen (secondary N) is 1. The third-order valence-electron chi connectivity index (χ3n) is 4.83. The van der Waals surface area contributed by atoms with E-state index in [0.29, 0.717) is 16.7 Å². The van der Waals surface area contributed by atoms with Crippen molar-refractivity contribution < 1.29 is 9.47 Å². The topological polar surface area (TPSA) is 49.9 Å². The maximum Gasteiger partial charge on any atom is 0.173 e. The Morgan fingerprint density at radius 2 is 2.03 bits per heavy atom. The molecule has 0 aliphatic carbocycles. The molecule has 0 spiro atoms.